The average Bonchev–Trinajstić information content (AvgIpc) is 2.72. The van der Waals surface area contributed by atoms with Crippen LogP contribution < -0.4 is 0 Å². The Kier molecular flexibility index (Phi) is 2.08. The van der Waals surface area contributed by atoms with Crippen molar-refractivity contribution in [3.8, 4) is 0 Å². The second-order valence-electron chi connectivity index (χ2n) is 3.77. The first kappa shape index (κ1) is 9.62. The molecule has 16 heavy (non-hydrogen) atoms. The molecular weight excluding hydrogens is 224 g/mol. The van der Waals surface area contributed by atoms with Gasteiger partial charge in [0.2, 0.25) is 11.4 Å². The highest BCUT2D eigenvalue weighted by Gasteiger charge is 2.29. The topological polar surface area (TPSA) is 49.5 Å². The number of hydroxylamine groups is 2. The van der Waals surface area contributed by atoms with Crippen LogP contribution in [0.3, 0.4) is 0 Å². The van der Waals surface area contributed by atoms with E-state index in [0.717, 1.165) is 15.4 Å². The minimum Gasteiger partial charge on any atom is -0.618 e. The van der Waals surface area contributed by atoms with E-state index in [-0.39, 0.29) is 0 Å². The third-order valence-electron chi connectivity index (χ3n) is 2.78. The van der Waals surface area contributed by atoms with Crippen molar-refractivity contribution in [1.29, 1.82) is 0 Å². The number of thiophene rings is 1. The molecular formula is C11H10N2O2S. The maximum atomic E-state index is 12.2. The summed E-state index contributed by atoms with van der Waals surface area (Å²) in [6.07, 6.45) is 6.09. The molecule has 0 amide bonds. The predicted molar refractivity (Wildman–Crippen MR) is 61.8 cm³/mol. The lowest BCUT2D eigenvalue weighted by Gasteiger charge is -2.18. The molecule has 0 atom stereocenters. The fraction of sp³-hybridized carbons (Fsp3) is 0.182. The van der Waals surface area contributed by atoms with Crippen LogP contribution in [-0.4, -0.2) is 20.7 Å². The molecule has 1 aliphatic carbocycles. The van der Waals surface area contributed by atoms with Gasteiger partial charge in [0.25, 0.3) is 0 Å². The third-order valence-corrected chi connectivity index (χ3v) is 3.56. The summed E-state index contributed by atoms with van der Waals surface area (Å²) in [6.45, 7) is 0.362. The number of hydrogen-bond acceptors (Lipinski definition) is 4. The van der Waals surface area contributed by atoms with Gasteiger partial charge in [-0.2, -0.15) is 4.74 Å². The lowest BCUT2D eigenvalue weighted by atomic mass is 10.1. The molecule has 2 heterocycles. The summed E-state index contributed by atoms with van der Waals surface area (Å²) in [7, 11) is 0. The third kappa shape index (κ3) is 1.29. The van der Waals surface area contributed by atoms with Crippen molar-refractivity contribution in [2.45, 2.75) is 13.0 Å². The minimum atomic E-state index is 0.362. The van der Waals surface area contributed by atoms with Crippen molar-refractivity contribution in [1.82, 2.24) is 5.06 Å². The minimum absolute atomic E-state index is 0.362. The zero-order valence-corrected chi connectivity index (χ0v) is 9.28. The average molecular weight is 234 g/mol. The van der Waals surface area contributed by atoms with Crippen LogP contribution in [0.5, 0.6) is 0 Å². The van der Waals surface area contributed by atoms with Gasteiger partial charge in [0.1, 0.15) is 5.70 Å². The summed E-state index contributed by atoms with van der Waals surface area (Å²) in [4.78, 5) is 0. The monoisotopic (exact) mass is 234 g/mol. The van der Waals surface area contributed by atoms with Crippen LogP contribution in [0.4, 0.5) is 5.69 Å². The van der Waals surface area contributed by atoms with Gasteiger partial charge in [-0.1, -0.05) is 12.2 Å². The highest BCUT2D eigenvalue weighted by molar-refractivity contribution is 7.08. The summed E-state index contributed by atoms with van der Waals surface area (Å²) >= 11 is 1.48. The highest BCUT2D eigenvalue weighted by Crippen LogP contribution is 2.30. The molecule has 0 unspecified atom stereocenters. The van der Waals surface area contributed by atoms with Gasteiger partial charge >= 0.3 is 0 Å². The predicted octanol–water partition coefficient (Wildman–Crippen LogP) is 2.38. The van der Waals surface area contributed by atoms with E-state index in [1.807, 2.05) is 22.9 Å². The Labute approximate surface area is 96.6 Å². The Morgan fingerprint density at radius 1 is 1.44 bits per heavy atom. The van der Waals surface area contributed by atoms with Gasteiger partial charge in [-0.05, 0) is 6.08 Å². The van der Waals surface area contributed by atoms with E-state index >= 15 is 0 Å². The van der Waals surface area contributed by atoms with Crippen LogP contribution in [0.25, 0.3) is 0 Å². The summed E-state index contributed by atoms with van der Waals surface area (Å²) in [5.74, 6) is 0. The van der Waals surface area contributed by atoms with E-state index in [1.54, 1.807) is 6.08 Å². The zero-order valence-electron chi connectivity index (χ0n) is 8.46. The van der Waals surface area contributed by atoms with Crippen molar-refractivity contribution < 1.29 is 9.95 Å². The Morgan fingerprint density at radius 3 is 3.19 bits per heavy atom. The van der Waals surface area contributed by atoms with Crippen LogP contribution in [-0.2, 0) is 6.54 Å². The van der Waals surface area contributed by atoms with Gasteiger partial charge in [-0.3, -0.25) is 5.21 Å². The maximum absolute atomic E-state index is 12.2. The molecule has 2 aliphatic rings. The molecule has 0 saturated heterocycles. The van der Waals surface area contributed by atoms with Crippen molar-refractivity contribution in [3.63, 3.8) is 0 Å². The van der Waals surface area contributed by atoms with Gasteiger partial charge in [0, 0.05) is 5.38 Å². The summed E-state index contributed by atoms with van der Waals surface area (Å²) in [5, 5.41) is 26.9. The van der Waals surface area contributed by atoms with E-state index in [9.17, 15) is 10.4 Å². The van der Waals surface area contributed by atoms with Gasteiger partial charge in [0.05, 0.1) is 23.9 Å². The van der Waals surface area contributed by atoms with Crippen LogP contribution in [0.2, 0.25) is 0 Å². The standard InChI is InChI=1S/C11H10N2O2S/c14-12-5-8-6-16-7-11(8)13(15)10-4-2-1-3-9(10)12/h1-3,6-7,14H,4-5H2. The fourth-order valence-corrected chi connectivity index (χ4v) is 2.77. The van der Waals surface area contributed by atoms with Gasteiger partial charge in [0.15, 0.2) is 0 Å². The molecule has 0 aromatic carbocycles. The first-order valence-electron chi connectivity index (χ1n) is 4.99. The lowest BCUT2D eigenvalue weighted by molar-refractivity contribution is -0.361. The second kappa shape index (κ2) is 3.47. The van der Waals surface area contributed by atoms with E-state index in [2.05, 4.69) is 0 Å². The molecule has 0 saturated carbocycles. The quantitative estimate of drug-likeness (QED) is 0.554. The lowest BCUT2D eigenvalue weighted by Crippen LogP contribution is -2.25. The fourth-order valence-electron chi connectivity index (χ4n) is 1.97. The molecule has 0 spiro atoms. The number of nitrogens with zero attached hydrogens (tertiary/aromatic N) is 2. The van der Waals surface area contributed by atoms with Crippen molar-refractivity contribution in [3.05, 3.63) is 45.5 Å². The molecule has 1 N–H and O–H groups in total. The Bertz CT molecular complexity index is 528. The normalized spacial score (nSPS) is 19.1. The van der Waals surface area contributed by atoms with E-state index in [1.165, 1.54) is 11.3 Å². The summed E-state index contributed by atoms with van der Waals surface area (Å²) in [5.41, 5.74) is 2.71. The van der Waals surface area contributed by atoms with Gasteiger partial charge in [-0.15, -0.1) is 11.3 Å². The smallest absolute Gasteiger partial charge is 0.232 e. The summed E-state index contributed by atoms with van der Waals surface area (Å²) in [6, 6.07) is 0. The number of fused-ring (bicyclic) bond motifs is 2. The molecule has 1 aromatic rings. The SMILES string of the molecule is [O-][N+]1=C2CC=CC=C2N(O)Cc2cscc21. The van der Waals surface area contributed by atoms with Crippen LogP contribution in [0.1, 0.15) is 12.0 Å². The molecule has 0 fully saturated rings. The van der Waals surface area contributed by atoms with Crippen LogP contribution >= 0.6 is 11.3 Å². The van der Waals surface area contributed by atoms with E-state index in [4.69, 9.17) is 0 Å². The van der Waals surface area contributed by atoms with Crippen molar-refractivity contribution in [2.24, 2.45) is 0 Å². The van der Waals surface area contributed by atoms with Crippen LogP contribution in [0.15, 0.2) is 34.7 Å². The van der Waals surface area contributed by atoms with Gasteiger partial charge < -0.3 is 5.21 Å². The molecule has 0 radical (unpaired) electrons. The van der Waals surface area contributed by atoms with E-state index in [0.29, 0.717) is 30.1 Å². The first-order valence-corrected chi connectivity index (χ1v) is 5.93. The maximum Gasteiger partial charge on any atom is 0.232 e. The van der Waals surface area contributed by atoms with Crippen molar-refractivity contribution >= 4 is 22.7 Å². The molecule has 1 aromatic heterocycles. The molecule has 1 aliphatic heterocycles. The van der Waals surface area contributed by atoms with E-state index < -0.39 is 0 Å². The number of rotatable bonds is 0. The highest BCUT2D eigenvalue weighted by atomic mass is 32.1. The molecule has 4 nitrogen and oxygen atoms in total. The van der Waals surface area contributed by atoms with Crippen LogP contribution in [0, 0.1) is 5.21 Å². The second-order valence-corrected chi connectivity index (χ2v) is 4.51. The molecule has 5 heteroatoms. The molecule has 0 bridgehead atoms. The molecule has 3 rings (SSSR count). The van der Waals surface area contributed by atoms with Gasteiger partial charge in [-0.25, -0.2) is 5.06 Å². The number of allylic oxidation sites excluding steroid dienone is 4. The largest absolute Gasteiger partial charge is 0.618 e. The first-order chi connectivity index (χ1) is 7.77. The Morgan fingerprint density at radius 2 is 2.31 bits per heavy atom. The Hall–Kier alpha value is -1.59. The van der Waals surface area contributed by atoms with Crippen molar-refractivity contribution in [2.75, 3.05) is 0 Å². The Balaban J connectivity index is 2.22. The number of hydrogen-bond donors (Lipinski definition) is 1. The molecule has 82 valence electrons. The zero-order chi connectivity index (χ0) is 11.1. The summed E-state index contributed by atoms with van der Waals surface area (Å²) < 4.78 is 0.928.